The molecule has 0 saturated heterocycles. The molecule has 0 aliphatic heterocycles. The van der Waals surface area contributed by atoms with E-state index in [0.29, 0.717) is 6.54 Å². The van der Waals surface area contributed by atoms with Gasteiger partial charge in [-0.1, -0.05) is 16.7 Å². The van der Waals surface area contributed by atoms with Crippen LogP contribution in [0, 0.1) is 16.1 Å². The number of H-pyrrole nitrogens is 1. The number of carbonyl (C=O) groups is 1. The minimum absolute atomic E-state index is 0.0706. The highest BCUT2D eigenvalue weighted by Crippen LogP contribution is 2.24. The average molecular weight is 330 g/mol. The number of carbonyl (C=O) groups excluding carboxylic acids is 1. The zero-order chi connectivity index (χ0) is 16.3. The van der Waals surface area contributed by atoms with Gasteiger partial charge in [0.15, 0.2) is 10.7 Å². The van der Waals surface area contributed by atoms with E-state index < -0.39 is 33.3 Å². The van der Waals surface area contributed by atoms with Crippen molar-refractivity contribution in [2.75, 3.05) is 0 Å². The summed E-state index contributed by atoms with van der Waals surface area (Å²) in [5.41, 5.74) is 1.71. The summed E-state index contributed by atoms with van der Waals surface area (Å²) in [5, 5.41) is 22.8. The van der Waals surface area contributed by atoms with Gasteiger partial charge in [0.2, 0.25) is 5.95 Å². The Hall–Kier alpha value is -2.82. The Kier molecular flexibility index (Phi) is 4.46. The molecule has 0 saturated carbocycles. The summed E-state index contributed by atoms with van der Waals surface area (Å²) >= 11 is 5.64. The molecule has 0 aromatic carbocycles. The Morgan fingerprint density at radius 2 is 2.45 bits per heavy atom. The van der Waals surface area contributed by atoms with Gasteiger partial charge in [0.05, 0.1) is 18.0 Å². The number of hydrazone groups is 1. The van der Waals surface area contributed by atoms with Crippen LogP contribution in [0.25, 0.3) is 0 Å². The minimum atomic E-state index is -0.881. The Bertz CT molecular complexity index is 754. The summed E-state index contributed by atoms with van der Waals surface area (Å²) in [6, 6.07) is 0. The molecular weight excluding hydrogens is 321 g/mol. The normalized spacial score (nSPS) is 11.0. The van der Waals surface area contributed by atoms with Crippen LogP contribution in [0.15, 0.2) is 11.3 Å². The lowest BCUT2D eigenvalue weighted by Crippen LogP contribution is -2.18. The fraction of sp³-hybridized carbons (Fsp3) is 0.200. The van der Waals surface area contributed by atoms with Crippen molar-refractivity contribution < 1.29 is 14.1 Å². The van der Waals surface area contributed by atoms with Crippen LogP contribution in [0.4, 0.5) is 10.2 Å². The first kappa shape index (κ1) is 15.6. The largest absolute Gasteiger partial charge is 0.362 e. The molecule has 0 aliphatic rings. The molecule has 0 radical (unpaired) electrons. The standard InChI is InChI=1S/C10H9ClFN7O3/c1-2-18-8(12)5(4-14-18)3-13-17-10(20)7-6(11)9(16-15-7)19(21)22/h3-4H,2H2,1H3,(H,15,16)(H,17,20). The lowest BCUT2D eigenvalue weighted by Gasteiger charge is -1.96. The van der Waals surface area contributed by atoms with E-state index in [1.807, 2.05) is 10.5 Å². The molecule has 0 unspecified atom stereocenters. The van der Waals surface area contributed by atoms with Gasteiger partial charge >= 0.3 is 5.82 Å². The molecule has 0 aliphatic carbocycles. The SMILES string of the molecule is CCn1ncc(C=NNC(=O)c2n[nH]c([N+](=O)[O-])c2Cl)c1F. The van der Waals surface area contributed by atoms with E-state index in [2.05, 4.69) is 15.3 Å². The molecular formula is C10H9ClFN7O3. The fourth-order valence-corrected chi connectivity index (χ4v) is 1.74. The molecule has 116 valence electrons. The maximum atomic E-state index is 13.6. The van der Waals surface area contributed by atoms with Crippen LogP contribution >= 0.6 is 11.6 Å². The molecule has 0 bridgehead atoms. The van der Waals surface area contributed by atoms with Gasteiger partial charge in [-0.2, -0.15) is 14.6 Å². The van der Waals surface area contributed by atoms with Gasteiger partial charge in [-0.05, 0) is 11.8 Å². The molecule has 0 spiro atoms. The number of aromatic amines is 1. The maximum absolute atomic E-state index is 13.6. The Balaban J connectivity index is 2.08. The third kappa shape index (κ3) is 2.93. The Morgan fingerprint density at radius 3 is 3.00 bits per heavy atom. The van der Waals surface area contributed by atoms with E-state index >= 15 is 0 Å². The monoisotopic (exact) mass is 329 g/mol. The van der Waals surface area contributed by atoms with Crippen molar-refractivity contribution >= 4 is 29.5 Å². The predicted molar refractivity (Wildman–Crippen MR) is 73.2 cm³/mol. The number of nitrogens with zero attached hydrogens (tertiary/aromatic N) is 5. The van der Waals surface area contributed by atoms with Gasteiger partial charge in [-0.15, -0.1) is 5.10 Å². The first-order chi connectivity index (χ1) is 10.5. The zero-order valence-electron chi connectivity index (χ0n) is 11.1. The van der Waals surface area contributed by atoms with Crippen LogP contribution in [0.2, 0.25) is 5.02 Å². The lowest BCUT2D eigenvalue weighted by molar-refractivity contribution is -0.389. The van der Waals surface area contributed by atoms with Crippen LogP contribution in [-0.2, 0) is 6.54 Å². The number of hydrogen-bond donors (Lipinski definition) is 2. The molecule has 10 nitrogen and oxygen atoms in total. The highest BCUT2D eigenvalue weighted by molar-refractivity contribution is 6.35. The molecule has 0 fully saturated rings. The molecule has 1 amide bonds. The first-order valence-electron chi connectivity index (χ1n) is 5.88. The number of rotatable bonds is 5. The summed E-state index contributed by atoms with van der Waals surface area (Å²) < 4.78 is 14.7. The third-order valence-corrected chi connectivity index (χ3v) is 2.92. The Labute approximate surface area is 127 Å². The second-order valence-corrected chi connectivity index (χ2v) is 4.28. The van der Waals surface area contributed by atoms with Crippen LogP contribution < -0.4 is 5.43 Å². The summed E-state index contributed by atoms with van der Waals surface area (Å²) in [7, 11) is 0. The molecule has 12 heteroatoms. The third-order valence-electron chi connectivity index (χ3n) is 2.56. The number of aryl methyl sites for hydroxylation is 1. The van der Waals surface area contributed by atoms with Crippen LogP contribution in [-0.4, -0.2) is 37.0 Å². The second kappa shape index (κ2) is 6.30. The Morgan fingerprint density at radius 1 is 1.73 bits per heavy atom. The van der Waals surface area contributed by atoms with E-state index in [4.69, 9.17) is 11.6 Å². The van der Waals surface area contributed by atoms with Crippen LogP contribution in [0.1, 0.15) is 23.0 Å². The van der Waals surface area contributed by atoms with Crippen LogP contribution in [0.5, 0.6) is 0 Å². The topological polar surface area (TPSA) is 131 Å². The van der Waals surface area contributed by atoms with Gasteiger partial charge in [-0.25, -0.2) is 10.1 Å². The van der Waals surface area contributed by atoms with E-state index in [-0.39, 0.29) is 5.56 Å². The van der Waals surface area contributed by atoms with Crippen molar-refractivity contribution in [1.82, 2.24) is 25.4 Å². The van der Waals surface area contributed by atoms with Crippen molar-refractivity contribution in [3.8, 4) is 0 Å². The highest BCUT2D eigenvalue weighted by Gasteiger charge is 2.24. The average Bonchev–Trinajstić information content (AvgIpc) is 3.02. The molecule has 0 atom stereocenters. The number of halogens is 2. The fourth-order valence-electron chi connectivity index (χ4n) is 1.50. The van der Waals surface area contributed by atoms with Crippen LogP contribution in [0.3, 0.4) is 0 Å². The first-order valence-corrected chi connectivity index (χ1v) is 6.26. The van der Waals surface area contributed by atoms with Crippen molar-refractivity contribution in [3.63, 3.8) is 0 Å². The summed E-state index contributed by atoms with van der Waals surface area (Å²) in [6.07, 6.45) is 2.28. The molecule has 22 heavy (non-hydrogen) atoms. The number of nitrogens with one attached hydrogen (secondary N) is 2. The highest BCUT2D eigenvalue weighted by atomic mass is 35.5. The van der Waals surface area contributed by atoms with Gasteiger partial charge < -0.3 is 10.1 Å². The van der Waals surface area contributed by atoms with Gasteiger partial charge in [0, 0.05) is 6.54 Å². The molecule has 2 rings (SSSR count). The number of aromatic nitrogens is 4. The minimum Gasteiger partial charge on any atom is -0.358 e. The number of nitro groups is 1. The van der Waals surface area contributed by atoms with Crippen molar-refractivity contribution in [3.05, 3.63) is 38.5 Å². The number of amides is 1. The summed E-state index contributed by atoms with van der Waals surface area (Å²) in [4.78, 5) is 21.5. The molecule has 2 heterocycles. The molecule has 2 aromatic rings. The molecule has 2 aromatic heterocycles. The summed E-state index contributed by atoms with van der Waals surface area (Å²) in [5.74, 6) is -2.09. The van der Waals surface area contributed by atoms with E-state index in [1.165, 1.54) is 6.20 Å². The summed E-state index contributed by atoms with van der Waals surface area (Å²) in [6.45, 7) is 2.06. The van der Waals surface area contributed by atoms with E-state index in [0.717, 1.165) is 10.9 Å². The maximum Gasteiger partial charge on any atom is 0.362 e. The van der Waals surface area contributed by atoms with Gasteiger partial charge in [0.1, 0.15) is 0 Å². The predicted octanol–water partition coefficient (Wildman–Crippen LogP) is 1.09. The molecule has 2 N–H and O–H groups in total. The number of hydrogen-bond acceptors (Lipinski definition) is 6. The van der Waals surface area contributed by atoms with E-state index in [1.54, 1.807) is 6.92 Å². The quantitative estimate of drug-likeness (QED) is 0.481. The zero-order valence-corrected chi connectivity index (χ0v) is 11.8. The second-order valence-electron chi connectivity index (χ2n) is 3.90. The van der Waals surface area contributed by atoms with Gasteiger partial charge in [0.25, 0.3) is 5.91 Å². The lowest BCUT2D eigenvalue weighted by atomic mass is 10.4. The van der Waals surface area contributed by atoms with Crippen molar-refractivity contribution in [2.24, 2.45) is 5.10 Å². The smallest absolute Gasteiger partial charge is 0.358 e. The van der Waals surface area contributed by atoms with Crippen molar-refractivity contribution in [2.45, 2.75) is 13.5 Å². The van der Waals surface area contributed by atoms with Crippen molar-refractivity contribution in [1.29, 1.82) is 0 Å². The van der Waals surface area contributed by atoms with E-state index in [9.17, 15) is 19.3 Å². The van der Waals surface area contributed by atoms with Gasteiger partial charge in [-0.3, -0.25) is 4.79 Å².